The number of hydrogen-bond donors (Lipinski definition) is 3. The Morgan fingerprint density at radius 2 is 1.38 bits per heavy atom. The predicted octanol–water partition coefficient (Wildman–Crippen LogP) is 6.19. The molecule has 0 radical (unpaired) electrons. The number of carbonyl (C=O) groups excluding carboxylic acids is 4. The lowest BCUT2D eigenvalue weighted by atomic mass is 9.87. The molecule has 2 saturated heterocycles. The lowest BCUT2D eigenvalue weighted by Gasteiger charge is -2.38. The molecule has 3 aromatic rings. The number of aliphatic hydroxyl groups excluding tert-OH is 1. The molecule has 4 atom stereocenters. The van der Waals surface area contributed by atoms with E-state index >= 15 is 0 Å². The van der Waals surface area contributed by atoms with Crippen LogP contribution in [0.5, 0.6) is 0 Å². The van der Waals surface area contributed by atoms with E-state index in [1.807, 2.05) is 73.7 Å². The molecule has 288 valence electrons. The number of aromatic amines is 1. The molecule has 4 unspecified atom stereocenters. The van der Waals surface area contributed by atoms with Gasteiger partial charge in [0.2, 0.25) is 0 Å². The maximum absolute atomic E-state index is 12.5. The van der Waals surface area contributed by atoms with E-state index in [1.54, 1.807) is 17.9 Å². The van der Waals surface area contributed by atoms with Gasteiger partial charge in [-0.2, -0.15) is 10.4 Å². The molecule has 2 aliphatic heterocycles. The number of carbonyl (C=O) groups is 4. The first-order valence-corrected chi connectivity index (χ1v) is 17.8. The van der Waals surface area contributed by atoms with Gasteiger partial charge >= 0.3 is 18.2 Å². The Labute approximate surface area is 312 Å². The second-order valence-corrected chi connectivity index (χ2v) is 12.7. The third-order valence-electron chi connectivity index (χ3n) is 8.55. The van der Waals surface area contributed by atoms with Crippen LogP contribution in [0.2, 0.25) is 0 Å². The summed E-state index contributed by atoms with van der Waals surface area (Å²) < 4.78 is 14.9. The largest absolute Gasteiger partial charge is 0.469 e. The standard InChI is InChI=1S/C17H22N4O2.C17H20N2O3.C3H6O2.C2H6O/c1-12-6-5-9-21(16(12)14-10-15(18)20-19-14)17(22)23-11-13-7-3-2-4-8-13;1-13-6-5-11-19(16(13)15(20)9-10-18)17(21)22-12-14-7-3-2-4-8-14;1-3(4)5-2;1-2-3/h2-4,7-8,10,12,16H,5-6,9,11H2,1H3,(H3,18,19,20);2-4,7-8,13,16H,5-6,9,11-12H2,1H3;1-2H3;3H,2H2,1H3. The Hall–Kier alpha value is -5.42. The third kappa shape index (κ3) is 15.0. The van der Waals surface area contributed by atoms with Gasteiger partial charge in [-0.05, 0) is 55.6 Å². The van der Waals surface area contributed by atoms with E-state index in [4.69, 9.17) is 25.6 Å². The number of ether oxygens (including phenoxy) is 3. The number of hydrogen-bond acceptors (Lipinski definition) is 11. The SMILES string of the molecule is CC1CCCN(C(=O)OCc2ccccc2)C1C(=O)CC#N.CC1CCCN(C(=O)OCc2ccccc2)C1c1cc(N)n[nH]1.CCO.COC(C)=O. The summed E-state index contributed by atoms with van der Waals surface area (Å²) in [4.78, 5) is 49.8. The molecule has 1 aromatic heterocycles. The fourth-order valence-corrected chi connectivity index (χ4v) is 6.04. The minimum absolute atomic E-state index is 0.0545. The van der Waals surface area contributed by atoms with Crippen molar-refractivity contribution in [2.24, 2.45) is 11.8 Å². The van der Waals surface area contributed by atoms with Crippen LogP contribution in [0.25, 0.3) is 0 Å². The molecule has 0 saturated carbocycles. The van der Waals surface area contributed by atoms with Crippen LogP contribution < -0.4 is 5.73 Å². The molecule has 14 nitrogen and oxygen atoms in total. The number of aromatic nitrogens is 2. The predicted molar refractivity (Wildman–Crippen MR) is 199 cm³/mol. The minimum atomic E-state index is -0.545. The lowest BCUT2D eigenvalue weighted by Crippen LogP contribution is -2.52. The van der Waals surface area contributed by atoms with E-state index < -0.39 is 12.1 Å². The molecule has 0 aliphatic carbocycles. The summed E-state index contributed by atoms with van der Waals surface area (Å²) in [7, 11) is 1.35. The van der Waals surface area contributed by atoms with Gasteiger partial charge in [-0.25, -0.2) is 9.59 Å². The van der Waals surface area contributed by atoms with Crippen LogP contribution in [-0.2, 0) is 37.0 Å². The number of ketones is 1. The Kier molecular flexibility index (Phi) is 19.8. The van der Waals surface area contributed by atoms with Gasteiger partial charge in [0.15, 0.2) is 5.78 Å². The zero-order chi connectivity index (χ0) is 39.2. The van der Waals surface area contributed by atoms with Crippen molar-refractivity contribution in [1.29, 1.82) is 5.26 Å². The van der Waals surface area contributed by atoms with Crippen LogP contribution in [0.15, 0.2) is 66.7 Å². The van der Waals surface area contributed by atoms with Crippen LogP contribution in [-0.4, -0.2) is 81.9 Å². The Bertz CT molecular complexity index is 1580. The van der Waals surface area contributed by atoms with Crippen LogP contribution in [0.4, 0.5) is 15.4 Å². The number of methoxy groups -OCH3 is 1. The molecular weight excluding hydrogens is 680 g/mol. The highest BCUT2D eigenvalue weighted by Gasteiger charge is 2.38. The number of nitrogen functional groups attached to an aromatic ring is 1. The van der Waals surface area contributed by atoms with Crippen molar-refractivity contribution in [3.8, 4) is 6.07 Å². The van der Waals surface area contributed by atoms with Gasteiger partial charge in [-0.3, -0.25) is 24.5 Å². The van der Waals surface area contributed by atoms with Gasteiger partial charge in [0.05, 0.1) is 37.4 Å². The third-order valence-corrected chi connectivity index (χ3v) is 8.55. The summed E-state index contributed by atoms with van der Waals surface area (Å²) in [6.45, 7) is 9.02. The summed E-state index contributed by atoms with van der Waals surface area (Å²) >= 11 is 0. The zero-order valence-electron chi connectivity index (χ0n) is 31.4. The summed E-state index contributed by atoms with van der Waals surface area (Å²) in [5.74, 6) is 0.374. The average molecular weight is 735 g/mol. The number of nitrogens with two attached hydrogens (primary N) is 1. The number of Topliss-reactive ketones (excluding diaryl/α,β-unsaturated/α-hetero) is 1. The van der Waals surface area contributed by atoms with Gasteiger partial charge in [0, 0.05) is 32.7 Å². The number of aliphatic hydroxyl groups is 1. The average Bonchev–Trinajstić information content (AvgIpc) is 3.59. The van der Waals surface area contributed by atoms with Crippen LogP contribution in [0, 0.1) is 23.2 Å². The van der Waals surface area contributed by atoms with Gasteiger partial charge in [-0.1, -0.05) is 74.5 Å². The van der Waals surface area contributed by atoms with E-state index in [2.05, 4.69) is 21.9 Å². The quantitative estimate of drug-likeness (QED) is 0.185. The van der Waals surface area contributed by atoms with Crippen molar-refractivity contribution in [1.82, 2.24) is 20.0 Å². The van der Waals surface area contributed by atoms with Crippen molar-refractivity contribution in [3.63, 3.8) is 0 Å². The Morgan fingerprint density at radius 1 is 0.906 bits per heavy atom. The molecule has 14 heteroatoms. The maximum Gasteiger partial charge on any atom is 0.410 e. The number of benzene rings is 2. The molecule has 3 heterocycles. The van der Waals surface area contributed by atoms with E-state index in [0.29, 0.717) is 24.8 Å². The molecule has 2 aromatic carbocycles. The van der Waals surface area contributed by atoms with Gasteiger partial charge in [-0.15, -0.1) is 0 Å². The van der Waals surface area contributed by atoms with Crippen molar-refractivity contribution in [3.05, 3.63) is 83.6 Å². The Balaban J connectivity index is 0.000000306. The highest BCUT2D eigenvalue weighted by atomic mass is 16.6. The van der Waals surface area contributed by atoms with Crippen molar-refractivity contribution in [2.45, 2.75) is 85.1 Å². The molecule has 2 amide bonds. The smallest absolute Gasteiger partial charge is 0.410 e. The van der Waals surface area contributed by atoms with E-state index in [1.165, 1.54) is 18.9 Å². The number of nitriles is 1. The van der Waals surface area contributed by atoms with E-state index in [9.17, 15) is 19.2 Å². The molecule has 4 N–H and O–H groups in total. The molecule has 2 fully saturated rings. The van der Waals surface area contributed by atoms with Crippen molar-refractivity contribution >= 4 is 29.8 Å². The van der Waals surface area contributed by atoms with Gasteiger partial charge in [0.1, 0.15) is 19.0 Å². The number of anilines is 1. The first-order chi connectivity index (χ1) is 25.5. The second-order valence-electron chi connectivity index (χ2n) is 12.7. The number of nitrogens with one attached hydrogen (secondary N) is 1. The first kappa shape index (κ1) is 43.7. The minimum Gasteiger partial charge on any atom is -0.469 e. The molecule has 53 heavy (non-hydrogen) atoms. The van der Waals surface area contributed by atoms with E-state index in [0.717, 1.165) is 42.5 Å². The molecule has 2 aliphatic rings. The topological polar surface area (TPSA) is 201 Å². The second kappa shape index (κ2) is 23.9. The lowest BCUT2D eigenvalue weighted by molar-refractivity contribution is -0.138. The number of likely N-dealkylation sites (tertiary alicyclic amines) is 2. The van der Waals surface area contributed by atoms with Crippen molar-refractivity contribution < 1.29 is 38.5 Å². The fourth-order valence-electron chi connectivity index (χ4n) is 6.04. The summed E-state index contributed by atoms with van der Waals surface area (Å²) in [6, 6.07) is 22.2. The highest BCUT2D eigenvalue weighted by Crippen LogP contribution is 2.36. The van der Waals surface area contributed by atoms with Gasteiger partial charge in [0.25, 0.3) is 0 Å². The normalized spacial score (nSPS) is 18.9. The van der Waals surface area contributed by atoms with Crippen molar-refractivity contribution in [2.75, 3.05) is 32.5 Å². The highest BCUT2D eigenvalue weighted by molar-refractivity contribution is 5.89. The van der Waals surface area contributed by atoms with Crippen LogP contribution in [0.3, 0.4) is 0 Å². The molecule has 0 spiro atoms. The summed E-state index contributed by atoms with van der Waals surface area (Å²) in [5.41, 5.74) is 8.46. The van der Waals surface area contributed by atoms with Crippen LogP contribution in [0.1, 0.15) is 82.7 Å². The number of piperidine rings is 2. The summed E-state index contributed by atoms with van der Waals surface area (Å²) in [6.07, 6.45) is 2.82. The number of H-pyrrole nitrogens is 1. The number of esters is 1. The Morgan fingerprint density at radius 3 is 1.83 bits per heavy atom. The monoisotopic (exact) mass is 734 g/mol. The van der Waals surface area contributed by atoms with Gasteiger partial charge < -0.3 is 25.1 Å². The molecular formula is C39H54N6O8. The fraction of sp³-hybridized carbons (Fsp3) is 0.487. The van der Waals surface area contributed by atoms with E-state index in [-0.39, 0.29) is 56.0 Å². The van der Waals surface area contributed by atoms with Crippen LogP contribution >= 0.6 is 0 Å². The molecule has 0 bridgehead atoms. The number of rotatable bonds is 7. The maximum atomic E-state index is 12.5. The first-order valence-electron chi connectivity index (χ1n) is 17.8. The number of amides is 2. The zero-order valence-corrected chi connectivity index (χ0v) is 31.4. The molecule has 5 rings (SSSR count). The number of nitrogens with zero attached hydrogens (tertiary/aromatic N) is 4. The summed E-state index contributed by atoms with van der Waals surface area (Å²) in [5, 5.41) is 23.2.